The highest BCUT2D eigenvalue weighted by Gasteiger charge is 2.23. The summed E-state index contributed by atoms with van der Waals surface area (Å²) in [6.45, 7) is 7.85. The zero-order valence-corrected chi connectivity index (χ0v) is 18.4. The zero-order chi connectivity index (χ0) is 20.5. The van der Waals surface area contributed by atoms with Crippen LogP contribution in [0.1, 0.15) is 23.4 Å². The minimum absolute atomic E-state index is 0.323. The summed E-state index contributed by atoms with van der Waals surface area (Å²) in [7, 11) is 3.99. The van der Waals surface area contributed by atoms with E-state index < -0.39 is 0 Å². The van der Waals surface area contributed by atoms with Crippen molar-refractivity contribution in [1.82, 2.24) is 20.5 Å². The first-order chi connectivity index (χ1) is 14.2. The molecule has 29 heavy (non-hydrogen) atoms. The largest absolute Gasteiger partial charge is 0.379 e. The van der Waals surface area contributed by atoms with Crippen LogP contribution in [-0.2, 0) is 11.3 Å². The smallest absolute Gasteiger partial charge is 0.191 e. The van der Waals surface area contributed by atoms with Crippen LogP contribution in [0.3, 0.4) is 0 Å². The molecule has 3 rings (SSSR count). The van der Waals surface area contributed by atoms with Crippen molar-refractivity contribution < 1.29 is 4.74 Å². The third kappa shape index (κ3) is 6.42. The van der Waals surface area contributed by atoms with Gasteiger partial charge in [0, 0.05) is 51.3 Å². The van der Waals surface area contributed by atoms with Gasteiger partial charge in [0.15, 0.2) is 5.96 Å². The second-order valence-corrected chi connectivity index (χ2v) is 8.15. The number of anilines is 1. The molecule has 2 N–H and O–H groups in total. The Kier molecular flexibility index (Phi) is 8.27. The van der Waals surface area contributed by atoms with Gasteiger partial charge in [-0.25, -0.2) is 9.98 Å². The van der Waals surface area contributed by atoms with Crippen LogP contribution in [0.15, 0.2) is 40.8 Å². The van der Waals surface area contributed by atoms with E-state index in [2.05, 4.69) is 51.0 Å². The molecule has 8 heteroatoms. The Labute approximate surface area is 177 Å². The number of thiophene rings is 1. The molecule has 0 saturated carbocycles. The van der Waals surface area contributed by atoms with E-state index in [0.29, 0.717) is 12.6 Å². The first-order valence-corrected chi connectivity index (χ1v) is 11.0. The Morgan fingerprint density at radius 2 is 2.14 bits per heavy atom. The molecule has 1 saturated heterocycles. The lowest BCUT2D eigenvalue weighted by Gasteiger charge is -2.34. The predicted octanol–water partition coefficient (Wildman–Crippen LogP) is 2.34. The number of hydrogen-bond acceptors (Lipinski definition) is 6. The van der Waals surface area contributed by atoms with Gasteiger partial charge in [-0.3, -0.25) is 4.90 Å². The number of ether oxygens (including phenoxy) is 1. The van der Waals surface area contributed by atoms with E-state index in [-0.39, 0.29) is 0 Å². The minimum Gasteiger partial charge on any atom is -0.379 e. The highest BCUT2D eigenvalue weighted by Crippen LogP contribution is 2.25. The first-order valence-electron chi connectivity index (χ1n) is 10.2. The molecular formula is C21H32N6OS. The van der Waals surface area contributed by atoms with Crippen LogP contribution in [0.25, 0.3) is 0 Å². The molecular weight excluding hydrogens is 384 g/mol. The predicted molar refractivity (Wildman–Crippen MR) is 121 cm³/mol. The minimum atomic E-state index is 0.323. The van der Waals surface area contributed by atoms with E-state index in [1.165, 1.54) is 4.88 Å². The lowest BCUT2D eigenvalue weighted by Crippen LogP contribution is -2.46. The molecule has 1 atom stereocenters. The summed E-state index contributed by atoms with van der Waals surface area (Å²) in [5, 5.41) is 9.06. The molecule has 158 valence electrons. The van der Waals surface area contributed by atoms with Crippen molar-refractivity contribution in [1.29, 1.82) is 0 Å². The van der Waals surface area contributed by atoms with Gasteiger partial charge in [-0.2, -0.15) is 0 Å². The first kappa shape index (κ1) is 21.5. The molecule has 1 unspecified atom stereocenters. The Hall–Kier alpha value is -2.16. The average molecular weight is 417 g/mol. The topological polar surface area (TPSA) is 65.0 Å². The molecule has 2 aromatic rings. The van der Waals surface area contributed by atoms with Gasteiger partial charge in [-0.1, -0.05) is 6.07 Å². The summed E-state index contributed by atoms with van der Waals surface area (Å²) >= 11 is 1.81. The van der Waals surface area contributed by atoms with Crippen molar-refractivity contribution in [2.45, 2.75) is 19.5 Å². The van der Waals surface area contributed by atoms with Crippen molar-refractivity contribution in [2.24, 2.45) is 4.99 Å². The quantitative estimate of drug-likeness (QED) is 0.509. The van der Waals surface area contributed by atoms with Crippen LogP contribution in [0, 0.1) is 0 Å². The summed E-state index contributed by atoms with van der Waals surface area (Å²) in [6.07, 6.45) is 1.84. The third-order valence-corrected chi connectivity index (χ3v) is 5.83. The molecule has 0 radical (unpaired) electrons. The van der Waals surface area contributed by atoms with E-state index in [9.17, 15) is 0 Å². The SMILES string of the molecule is CCNC(=NCc1ccnc(N(C)C)c1)NCC(c1cccs1)N1CCOCC1. The second kappa shape index (κ2) is 11.1. The van der Waals surface area contributed by atoms with Gasteiger partial charge in [0.25, 0.3) is 0 Å². The number of pyridine rings is 1. The number of guanidine groups is 1. The average Bonchev–Trinajstić information content (AvgIpc) is 3.27. The molecule has 1 fully saturated rings. The van der Waals surface area contributed by atoms with Crippen LogP contribution in [0.2, 0.25) is 0 Å². The Morgan fingerprint density at radius 3 is 2.83 bits per heavy atom. The summed E-state index contributed by atoms with van der Waals surface area (Å²) in [4.78, 5) is 15.0. The lowest BCUT2D eigenvalue weighted by atomic mass is 10.2. The van der Waals surface area contributed by atoms with E-state index >= 15 is 0 Å². The Morgan fingerprint density at radius 1 is 1.31 bits per heavy atom. The van der Waals surface area contributed by atoms with Crippen LogP contribution in [0.5, 0.6) is 0 Å². The van der Waals surface area contributed by atoms with Crippen LogP contribution < -0.4 is 15.5 Å². The van der Waals surface area contributed by atoms with E-state index in [4.69, 9.17) is 9.73 Å². The van der Waals surface area contributed by atoms with Crippen molar-refractivity contribution in [3.63, 3.8) is 0 Å². The fourth-order valence-corrected chi connectivity index (χ4v) is 4.15. The van der Waals surface area contributed by atoms with Gasteiger partial charge < -0.3 is 20.3 Å². The van der Waals surface area contributed by atoms with E-state index in [1.54, 1.807) is 0 Å². The summed E-state index contributed by atoms with van der Waals surface area (Å²) < 4.78 is 5.54. The molecule has 1 aliphatic rings. The number of nitrogens with one attached hydrogen (secondary N) is 2. The second-order valence-electron chi connectivity index (χ2n) is 7.17. The highest BCUT2D eigenvalue weighted by atomic mass is 32.1. The number of nitrogens with zero attached hydrogens (tertiary/aromatic N) is 4. The van der Waals surface area contributed by atoms with E-state index in [1.807, 2.05) is 42.6 Å². The van der Waals surface area contributed by atoms with Gasteiger partial charge >= 0.3 is 0 Å². The summed E-state index contributed by atoms with van der Waals surface area (Å²) in [5.41, 5.74) is 1.14. The number of morpholine rings is 1. The van der Waals surface area contributed by atoms with Gasteiger partial charge in [0.2, 0.25) is 0 Å². The van der Waals surface area contributed by atoms with Crippen molar-refractivity contribution in [3.05, 3.63) is 46.3 Å². The molecule has 0 bridgehead atoms. The van der Waals surface area contributed by atoms with Crippen LogP contribution >= 0.6 is 11.3 Å². The fraction of sp³-hybridized carbons (Fsp3) is 0.524. The van der Waals surface area contributed by atoms with Crippen molar-refractivity contribution in [3.8, 4) is 0 Å². The molecule has 7 nitrogen and oxygen atoms in total. The zero-order valence-electron chi connectivity index (χ0n) is 17.6. The number of hydrogen-bond donors (Lipinski definition) is 2. The number of aromatic nitrogens is 1. The van der Waals surface area contributed by atoms with Gasteiger partial charge in [-0.05, 0) is 36.1 Å². The molecule has 1 aliphatic heterocycles. The molecule has 0 aromatic carbocycles. The monoisotopic (exact) mass is 416 g/mol. The van der Waals surface area contributed by atoms with Gasteiger partial charge in [0.1, 0.15) is 5.82 Å². The maximum atomic E-state index is 5.54. The van der Waals surface area contributed by atoms with Gasteiger partial charge in [0.05, 0.1) is 25.8 Å². The Balaban J connectivity index is 1.66. The number of aliphatic imine (C=N–C) groups is 1. The van der Waals surface area contributed by atoms with Crippen LogP contribution in [0.4, 0.5) is 5.82 Å². The molecule has 0 amide bonds. The normalized spacial score (nSPS) is 16.4. The standard InChI is InChI=1S/C21H32N6OS/c1-4-22-21(24-15-17-7-8-23-20(14-17)26(2)3)25-16-18(19-6-5-13-29-19)27-9-11-28-12-10-27/h5-8,13-14,18H,4,9-12,15-16H2,1-3H3,(H2,22,24,25). The van der Waals surface area contributed by atoms with Crippen molar-refractivity contribution >= 4 is 23.1 Å². The van der Waals surface area contributed by atoms with Crippen molar-refractivity contribution in [2.75, 3.05) is 58.4 Å². The van der Waals surface area contributed by atoms with Crippen LogP contribution in [-0.4, -0.2) is 69.3 Å². The molecule has 0 spiro atoms. The highest BCUT2D eigenvalue weighted by molar-refractivity contribution is 7.10. The Bertz CT molecular complexity index is 758. The number of rotatable bonds is 8. The summed E-state index contributed by atoms with van der Waals surface area (Å²) in [5.74, 6) is 1.78. The maximum absolute atomic E-state index is 5.54. The summed E-state index contributed by atoms with van der Waals surface area (Å²) in [6, 6.07) is 8.76. The van der Waals surface area contributed by atoms with E-state index in [0.717, 1.165) is 56.7 Å². The molecule has 0 aliphatic carbocycles. The van der Waals surface area contributed by atoms with Gasteiger partial charge in [-0.15, -0.1) is 11.3 Å². The lowest BCUT2D eigenvalue weighted by molar-refractivity contribution is 0.0177. The molecule has 3 heterocycles. The third-order valence-electron chi connectivity index (χ3n) is 4.85. The fourth-order valence-electron chi connectivity index (χ4n) is 3.29. The molecule has 2 aromatic heterocycles. The maximum Gasteiger partial charge on any atom is 0.191 e.